The van der Waals surface area contributed by atoms with Crippen molar-refractivity contribution in [2.45, 2.75) is 39.0 Å². The van der Waals surface area contributed by atoms with E-state index in [1.54, 1.807) is 12.4 Å². The van der Waals surface area contributed by atoms with Gasteiger partial charge in [-0.05, 0) is 48.2 Å². The first-order valence-corrected chi connectivity index (χ1v) is 7.55. The van der Waals surface area contributed by atoms with Crippen molar-refractivity contribution in [1.82, 2.24) is 4.98 Å². The molecule has 0 saturated carbocycles. The van der Waals surface area contributed by atoms with Crippen LogP contribution in [0.15, 0.2) is 48.8 Å². The minimum absolute atomic E-state index is 0.102. The van der Waals surface area contributed by atoms with Gasteiger partial charge in [0, 0.05) is 24.5 Å². The SMILES string of the molecule is CCCCCC(=O)Nc1ccc(Cc2ccncc2)cc1. The maximum absolute atomic E-state index is 11.7. The summed E-state index contributed by atoms with van der Waals surface area (Å²) in [6, 6.07) is 12.1. The lowest BCUT2D eigenvalue weighted by molar-refractivity contribution is -0.116. The molecule has 21 heavy (non-hydrogen) atoms. The molecule has 1 aromatic heterocycles. The molecule has 0 aliphatic heterocycles. The highest BCUT2D eigenvalue weighted by atomic mass is 16.1. The van der Waals surface area contributed by atoms with Crippen molar-refractivity contribution in [2.24, 2.45) is 0 Å². The van der Waals surface area contributed by atoms with Crippen molar-refractivity contribution in [1.29, 1.82) is 0 Å². The Morgan fingerprint density at radius 3 is 2.33 bits per heavy atom. The van der Waals surface area contributed by atoms with Gasteiger partial charge < -0.3 is 5.32 Å². The van der Waals surface area contributed by atoms with Crippen molar-refractivity contribution >= 4 is 11.6 Å². The molecule has 1 heterocycles. The fraction of sp³-hybridized carbons (Fsp3) is 0.333. The third-order valence-electron chi connectivity index (χ3n) is 3.40. The molecule has 1 aromatic carbocycles. The zero-order valence-electron chi connectivity index (χ0n) is 12.5. The lowest BCUT2D eigenvalue weighted by Gasteiger charge is -2.07. The van der Waals surface area contributed by atoms with E-state index in [-0.39, 0.29) is 5.91 Å². The van der Waals surface area contributed by atoms with Crippen molar-refractivity contribution in [3.05, 3.63) is 59.9 Å². The standard InChI is InChI=1S/C18H22N2O/c1-2-3-4-5-18(21)20-17-8-6-15(7-9-17)14-16-10-12-19-13-11-16/h6-13H,2-5,14H2,1H3,(H,20,21). The van der Waals surface area contributed by atoms with E-state index in [1.165, 1.54) is 11.1 Å². The molecule has 0 fully saturated rings. The molecule has 0 atom stereocenters. The predicted octanol–water partition coefficient (Wildman–Crippen LogP) is 4.19. The van der Waals surface area contributed by atoms with Gasteiger partial charge in [0.15, 0.2) is 0 Å². The number of pyridine rings is 1. The number of rotatable bonds is 7. The highest BCUT2D eigenvalue weighted by Crippen LogP contribution is 2.14. The van der Waals surface area contributed by atoms with Crippen LogP contribution < -0.4 is 5.32 Å². The second-order valence-electron chi connectivity index (χ2n) is 5.23. The van der Waals surface area contributed by atoms with Crippen LogP contribution in [0.5, 0.6) is 0 Å². The molecule has 1 amide bonds. The van der Waals surface area contributed by atoms with Gasteiger partial charge in [-0.25, -0.2) is 0 Å². The third kappa shape index (κ3) is 5.38. The summed E-state index contributed by atoms with van der Waals surface area (Å²) < 4.78 is 0. The van der Waals surface area contributed by atoms with Gasteiger partial charge in [-0.15, -0.1) is 0 Å². The number of anilines is 1. The second-order valence-corrected chi connectivity index (χ2v) is 5.23. The summed E-state index contributed by atoms with van der Waals surface area (Å²) in [7, 11) is 0. The first-order chi connectivity index (χ1) is 10.3. The van der Waals surface area contributed by atoms with Crippen molar-refractivity contribution in [3.8, 4) is 0 Å². The fourth-order valence-corrected chi connectivity index (χ4v) is 2.20. The first kappa shape index (κ1) is 15.2. The van der Waals surface area contributed by atoms with Crippen molar-refractivity contribution in [2.75, 3.05) is 5.32 Å². The lowest BCUT2D eigenvalue weighted by Crippen LogP contribution is -2.10. The fourth-order valence-electron chi connectivity index (χ4n) is 2.20. The quantitative estimate of drug-likeness (QED) is 0.774. The second kappa shape index (κ2) is 8.20. The van der Waals surface area contributed by atoms with Gasteiger partial charge in [0.25, 0.3) is 0 Å². The molecule has 110 valence electrons. The molecule has 3 heteroatoms. The van der Waals surface area contributed by atoms with Crippen molar-refractivity contribution in [3.63, 3.8) is 0 Å². The topological polar surface area (TPSA) is 42.0 Å². The predicted molar refractivity (Wildman–Crippen MR) is 86.3 cm³/mol. The Hall–Kier alpha value is -2.16. The van der Waals surface area contributed by atoms with Crippen LogP contribution in [-0.2, 0) is 11.2 Å². The van der Waals surface area contributed by atoms with E-state index in [1.807, 2.05) is 24.3 Å². The molecular weight excluding hydrogens is 260 g/mol. The van der Waals surface area contributed by atoms with Crippen LogP contribution >= 0.6 is 0 Å². The number of nitrogens with zero attached hydrogens (tertiary/aromatic N) is 1. The van der Waals surface area contributed by atoms with E-state index in [0.29, 0.717) is 6.42 Å². The molecule has 3 nitrogen and oxygen atoms in total. The number of nitrogens with one attached hydrogen (secondary N) is 1. The summed E-state index contributed by atoms with van der Waals surface area (Å²) in [6.07, 6.45) is 8.30. The molecule has 2 rings (SSSR count). The average Bonchev–Trinajstić information content (AvgIpc) is 2.51. The molecule has 0 unspecified atom stereocenters. The number of aromatic nitrogens is 1. The van der Waals surface area contributed by atoms with Gasteiger partial charge >= 0.3 is 0 Å². The van der Waals surface area contributed by atoms with Gasteiger partial charge in [0.2, 0.25) is 5.91 Å². The molecule has 0 bridgehead atoms. The molecule has 1 N–H and O–H groups in total. The van der Waals surface area contributed by atoms with Crippen LogP contribution in [-0.4, -0.2) is 10.9 Å². The molecule has 0 aliphatic rings. The third-order valence-corrected chi connectivity index (χ3v) is 3.40. The van der Waals surface area contributed by atoms with Gasteiger partial charge in [-0.1, -0.05) is 31.9 Å². The van der Waals surface area contributed by atoms with E-state index >= 15 is 0 Å². The molecule has 0 saturated heterocycles. The number of amides is 1. The number of unbranched alkanes of at least 4 members (excludes halogenated alkanes) is 2. The number of hydrogen-bond donors (Lipinski definition) is 1. The minimum atomic E-state index is 0.102. The van der Waals surface area contributed by atoms with E-state index in [0.717, 1.165) is 31.4 Å². The normalized spacial score (nSPS) is 10.3. The van der Waals surface area contributed by atoms with E-state index in [9.17, 15) is 4.79 Å². The lowest BCUT2D eigenvalue weighted by atomic mass is 10.1. The Kier molecular flexibility index (Phi) is 5.95. The van der Waals surface area contributed by atoms with Crippen LogP contribution in [0.3, 0.4) is 0 Å². The van der Waals surface area contributed by atoms with E-state index in [4.69, 9.17) is 0 Å². The number of hydrogen-bond acceptors (Lipinski definition) is 2. The Balaban J connectivity index is 1.85. The monoisotopic (exact) mass is 282 g/mol. The van der Waals surface area contributed by atoms with E-state index < -0.39 is 0 Å². The van der Waals surface area contributed by atoms with Gasteiger partial charge in [-0.2, -0.15) is 0 Å². The first-order valence-electron chi connectivity index (χ1n) is 7.55. The molecule has 2 aromatic rings. The van der Waals surface area contributed by atoms with Crippen molar-refractivity contribution < 1.29 is 4.79 Å². The number of carbonyl (C=O) groups is 1. The van der Waals surface area contributed by atoms with Crippen LogP contribution in [0, 0.1) is 0 Å². The average molecular weight is 282 g/mol. The zero-order valence-corrected chi connectivity index (χ0v) is 12.5. The Morgan fingerprint density at radius 2 is 1.67 bits per heavy atom. The molecule has 0 radical (unpaired) electrons. The summed E-state index contributed by atoms with van der Waals surface area (Å²) in [6.45, 7) is 2.14. The Bertz CT molecular complexity index is 549. The maximum Gasteiger partial charge on any atom is 0.224 e. The number of benzene rings is 1. The molecule has 0 aliphatic carbocycles. The Labute approximate surface area is 126 Å². The minimum Gasteiger partial charge on any atom is -0.326 e. The van der Waals surface area contributed by atoms with Crippen LogP contribution in [0.1, 0.15) is 43.7 Å². The smallest absolute Gasteiger partial charge is 0.224 e. The summed E-state index contributed by atoms with van der Waals surface area (Å²) in [4.78, 5) is 15.8. The summed E-state index contributed by atoms with van der Waals surface area (Å²) in [5, 5.41) is 2.94. The van der Waals surface area contributed by atoms with E-state index in [2.05, 4.69) is 29.4 Å². The summed E-state index contributed by atoms with van der Waals surface area (Å²) >= 11 is 0. The van der Waals surface area contributed by atoms with Gasteiger partial charge in [0.1, 0.15) is 0 Å². The summed E-state index contributed by atoms with van der Waals surface area (Å²) in [5.41, 5.74) is 3.33. The summed E-state index contributed by atoms with van der Waals surface area (Å²) in [5.74, 6) is 0.102. The highest BCUT2D eigenvalue weighted by Gasteiger charge is 2.02. The molecule has 0 spiro atoms. The molecular formula is C18H22N2O. The highest BCUT2D eigenvalue weighted by molar-refractivity contribution is 5.90. The maximum atomic E-state index is 11.7. The van der Waals surface area contributed by atoms with Gasteiger partial charge in [-0.3, -0.25) is 9.78 Å². The Morgan fingerprint density at radius 1 is 1.00 bits per heavy atom. The van der Waals surface area contributed by atoms with Crippen LogP contribution in [0.25, 0.3) is 0 Å². The zero-order chi connectivity index (χ0) is 14.9. The van der Waals surface area contributed by atoms with Crippen LogP contribution in [0.4, 0.5) is 5.69 Å². The van der Waals surface area contributed by atoms with Gasteiger partial charge in [0.05, 0.1) is 0 Å². The number of carbonyl (C=O) groups excluding carboxylic acids is 1. The van der Waals surface area contributed by atoms with Crippen LogP contribution in [0.2, 0.25) is 0 Å². The largest absolute Gasteiger partial charge is 0.326 e.